The first-order valence-electron chi connectivity index (χ1n) is 10.8. The van der Waals surface area contributed by atoms with Crippen molar-refractivity contribution in [2.24, 2.45) is 0 Å². The number of benzene rings is 3. The molecule has 0 aliphatic carbocycles. The third-order valence-corrected chi connectivity index (χ3v) is 6.82. The standard InChI is InChI=1S/C24H18ClF5N2O5S/c1-11-10-32(2)23(34)12-5-16(25)22(33)21(6-12)38(35)31-19-8-14(17(26)9-18(19)27)15-7-13(37-24(28,29)30)3-4-20(15)36-11/h3-9,11,31,33H,10H2,1-2H3. The highest BCUT2D eigenvalue weighted by atomic mass is 35.5. The molecule has 38 heavy (non-hydrogen) atoms. The van der Waals surface area contributed by atoms with Gasteiger partial charge in [-0.3, -0.25) is 9.52 Å². The molecule has 1 heterocycles. The molecule has 2 atom stereocenters. The number of likely N-dealkylation sites (N-methyl/N-ethyl adjacent to an activating group) is 1. The van der Waals surface area contributed by atoms with E-state index in [2.05, 4.69) is 9.46 Å². The van der Waals surface area contributed by atoms with Crippen LogP contribution in [0.5, 0.6) is 17.2 Å². The Morgan fingerprint density at radius 3 is 2.53 bits per heavy atom. The third-order valence-electron chi connectivity index (χ3n) is 5.42. The minimum Gasteiger partial charge on any atom is -0.505 e. The molecule has 4 rings (SSSR count). The molecule has 3 aromatic rings. The molecule has 1 aliphatic rings. The van der Waals surface area contributed by atoms with E-state index in [1.165, 1.54) is 11.9 Å². The highest BCUT2D eigenvalue weighted by molar-refractivity contribution is 7.86. The summed E-state index contributed by atoms with van der Waals surface area (Å²) in [7, 11) is -0.991. The number of amides is 1. The van der Waals surface area contributed by atoms with Crippen LogP contribution in [-0.4, -0.2) is 46.2 Å². The molecule has 2 unspecified atom stereocenters. The quantitative estimate of drug-likeness (QED) is 0.354. The summed E-state index contributed by atoms with van der Waals surface area (Å²) in [5, 5.41) is 10.0. The molecule has 1 amide bonds. The molecule has 3 aromatic carbocycles. The molecular formula is C24H18ClF5N2O5S. The zero-order valence-electron chi connectivity index (χ0n) is 19.5. The summed E-state index contributed by atoms with van der Waals surface area (Å²) in [6.07, 6.45) is -5.82. The number of rotatable bonds is 1. The van der Waals surface area contributed by atoms with Crippen molar-refractivity contribution in [3.63, 3.8) is 0 Å². The van der Waals surface area contributed by atoms with Crippen molar-refractivity contribution in [1.82, 2.24) is 4.90 Å². The van der Waals surface area contributed by atoms with Gasteiger partial charge in [-0.05, 0) is 43.3 Å². The van der Waals surface area contributed by atoms with Crippen molar-refractivity contribution < 1.29 is 45.5 Å². The molecule has 0 saturated carbocycles. The van der Waals surface area contributed by atoms with E-state index in [0.29, 0.717) is 6.07 Å². The Kier molecular flexibility index (Phi) is 7.44. The van der Waals surface area contributed by atoms with Gasteiger partial charge in [-0.2, -0.15) is 0 Å². The van der Waals surface area contributed by atoms with E-state index in [0.717, 1.165) is 36.4 Å². The molecule has 0 aromatic heterocycles. The van der Waals surface area contributed by atoms with E-state index >= 15 is 0 Å². The Balaban J connectivity index is 1.92. The highest BCUT2D eigenvalue weighted by Crippen LogP contribution is 2.40. The van der Waals surface area contributed by atoms with Gasteiger partial charge in [0.2, 0.25) is 0 Å². The van der Waals surface area contributed by atoms with Crippen LogP contribution in [0.4, 0.5) is 27.6 Å². The second kappa shape index (κ2) is 10.3. The number of nitrogens with zero attached hydrogens (tertiary/aromatic N) is 1. The van der Waals surface area contributed by atoms with Crippen LogP contribution in [0.1, 0.15) is 17.3 Å². The summed E-state index contributed by atoms with van der Waals surface area (Å²) < 4.78 is 93.3. The van der Waals surface area contributed by atoms with Gasteiger partial charge in [0.15, 0.2) is 16.7 Å². The fourth-order valence-electron chi connectivity index (χ4n) is 3.79. The maximum absolute atomic E-state index is 15.0. The maximum Gasteiger partial charge on any atom is 0.573 e. The summed E-state index contributed by atoms with van der Waals surface area (Å²) in [6, 6.07) is 6.51. The number of anilines is 1. The number of carbonyl (C=O) groups excluding carboxylic acids is 1. The number of carbonyl (C=O) groups is 1. The lowest BCUT2D eigenvalue weighted by atomic mass is 10.0. The van der Waals surface area contributed by atoms with Crippen LogP contribution in [0.15, 0.2) is 47.4 Å². The Morgan fingerprint density at radius 1 is 1.13 bits per heavy atom. The number of hydrogen-bond donors (Lipinski definition) is 2. The van der Waals surface area contributed by atoms with Crippen LogP contribution in [-0.2, 0) is 11.0 Å². The van der Waals surface area contributed by atoms with Gasteiger partial charge in [-0.15, -0.1) is 13.2 Å². The predicted molar refractivity (Wildman–Crippen MR) is 129 cm³/mol. The van der Waals surface area contributed by atoms with E-state index in [1.54, 1.807) is 6.92 Å². The lowest BCUT2D eigenvalue weighted by molar-refractivity contribution is -0.274. The van der Waals surface area contributed by atoms with Gasteiger partial charge >= 0.3 is 6.36 Å². The molecule has 0 spiro atoms. The molecule has 7 nitrogen and oxygen atoms in total. The monoisotopic (exact) mass is 576 g/mol. The smallest absolute Gasteiger partial charge is 0.505 e. The van der Waals surface area contributed by atoms with E-state index in [9.17, 15) is 36.1 Å². The first-order chi connectivity index (χ1) is 17.7. The van der Waals surface area contributed by atoms with Crippen LogP contribution in [0.3, 0.4) is 0 Å². The molecule has 2 N–H and O–H groups in total. The van der Waals surface area contributed by atoms with Gasteiger partial charge in [0.25, 0.3) is 5.91 Å². The van der Waals surface area contributed by atoms with Crippen LogP contribution in [0.25, 0.3) is 11.1 Å². The van der Waals surface area contributed by atoms with Gasteiger partial charge in [-0.25, -0.2) is 13.0 Å². The lowest BCUT2D eigenvalue weighted by Gasteiger charge is -2.24. The number of phenolic OH excluding ortho intramolecular Hbond substituents is 1. The van der Waals surface area contributed by atoms with Crippen LogP contribution < -0.4 is 14.2 Å². The summed E-state index contributed by atoms with van der Waals surface area (Å²) in [4.78, 5) is 13.9. The Morgan fingerprint density at radius 2 is 1.84 bits per heavy atom. The Hall–Kier alpha value is -3.58. The largest absolute Gasteiger partial charge is 0.573 e. The van der Waals surface area contributed by atoms with Crippen LogP contribution in [0, 0.1) is 11.6 Å². The van der Waals surface area contributed by atoms with E-state index in [4.69, 9.17) is 16.3 Å². The van der Waals surface area contributed by atoms with Crippen molar-refractivity contribution >= 4 is 34.2 Å². The van der Waals surface area contributed by atoms with Gasteiger partial charge in [0, 0.05) is 29.8 Å². The molecule has 0 saturated heterocycles. The summed E-state index contributed by atoms with van der Waals surface area (Å²) in [5.41, 5.74) is -1.21. The zero-order valence-corrected chi connectivity index (χ0v) is 21.1. The number of alkyl halides is 3. The van der Waals surface area contributed by atoms with Crippen molar-refractivity contribution in [3.8, 4) is 28.4 Å². The first-order valence-corrected chi connectivity index (χ1v) is 12.3. The third kappa shape index (κ3) is 5.78. The Labute approximate surface area is 220 Å². The molecule has 0 radical (unpaired) electrons. The Bertz CT molecular complexity index is 1450. The SMILES string of the molecule is CC1CN(C)C(=O)c2cc(Cl)c(O)c(c2)S(=O)Nc2cc(c(F)cc2F)-c2cc(OC(F)(F)F)ccc2O1. The molecule has 1 aliphatic heterocycles. The van der Waals surface area contributed by atoms with Gasteiger partial charge < -0.3 is 19.5 Å². The van der Waals surface area contributed by atoms with Gasteiger partial charge in [0.05, 0.1) is 17.3 Å². The highest BCUT2D eigenvalue weighted by Gasteiger charge is 2.32. The summed E-state index contributed by atoms with van der Waals surface area (Å²) in [5.74, 6) is -4.39. The maximum atomic E-state index is 15.0. The average Bonchev–Trinajstić information content (AvgIpc) is 2.81. The number of halogens is 6. The van der Waals surface area contributed by atoms with Crippen molar-refractivity contribution in [1.29, 1.82) is 0 Å². The van der Waals surface area contributed by atoms with Crippen molar-refractivity contribution in [3.05, 3.63) is 64.7 Å². The molecule has 14 heteroatoms. The summed E-state index contributed by atoms with van der Waals surface area (Å²) >= 11 is 6.03. The van der Waals surface area contributed by atoms with E-state index in [-0.39, 0.29) is 33.3 Å². The van der Waals surface area contributed by atoms with Crippen molar-refractivity contribution in [2.45, 2.75) is 24.3 Å². The minimum atomic E-state index is -5.05. The second-order valence-electron chi connectivity index (χ2n) is 8.31. The number of fused-ring (bicyclic) bond motifs is 6. The first kappa shape index (κ1) is 27.5. The predicted octanol–water partition coefficient (Wildman–Crippen LogP) is 5.88. The molecular weight excluding hydrogens is 559 g/mol. The normalized spacial score (nSPS) is 18.0. The lowest BCUT2D eigenvalue weighted by Crippen LogP contribution is -2.35. The zero-order chi connectivity index (χ0) is 27.9. The van der Waals surface area contributed by atoms with Crippen LogP contribution >= 0.6 is 11.6 Å². The minimum absolute atomic E-state index is 0.0443. The summed E-state index contributed by atoms with van der Waals surface area (Å²) in [6.45, 7) is 1.51. The molecule has 4 bridgehead atoms. The number of nitrogens with one attached hydrogen (secondary N) is 1. The van der Waals surface area contributed by atoms with E-state index in [1.807, 2.05) is 0 Å². The van der Waals surface area contributed by atoms with Crippen LogP contribution in [0.2, 0.25) is 5.02 Å². The second-order valence-corrected chi connectivity index (χ2v) is 9.90. The van der Waals surface area contributed by atoms with Gasteiger partial charge in [0.1, 0.15) is 34.1 Å². The number of phenols is 1. The average molecular weight is 577 g/mol. The number of aromatic hydroxyl groups is 1. The molecule has 0 fully saturated rings. The van der Waals surface area contributed by atoms with E-state index < -0.39 is 63.7 Å². The number of hydrogen-bond acceptors (Lipinski definition) is 5. The molecule has 202 valence electrons. The van der Waals surface area contributed by atoms with Gasteiger partial charge in [-0.1, -0.05) is 11.6 Å². The van der Waals surface area contributed by atoms with Crippen molar-refractivity contribution in [2.75, 3.05) is 18.3 Å². The fourth-order valence-corrected chi connectivity index (χ4v) is 5.05. The topological polar surface area (TPSA) is 88.1 Å². The number of ether oxygens (including phenoxy) is 2. The fraction of sp³-hybridized carbons (Fsp3) is 0.208.